The minimum absolute atomic E-state index is 0.000734. The average Bonchev–Trinajstić information content (AvgIpc) is 2.50. The molecule has 4 nitrogen and oxygen atoms in total. The van der Waals surface area contributed by atoms with Crippen LogP contribution >= 0.6 is 0 Å². The molecule has 1 aromatic carbocycles. The number of anilines is 3. The molecule has 0 radical (unpaired) electrons. The normalized spacial score (nSPS) is 11.0. The first-order valence-corrected chi connectivity index (χ1v) is 8.49. The molecule has 0 aliphatic carbocycles. The lowest BCUT2D eigenvalue weighted by atomic mass is 9.98. The van der Waals surface area contributed by atoms with Gasteiger partial charge in [0.15, 0.2) is 0 Å². The number of aryl methyl sites for hydroxylation is 1. The predicted molar refractivity (Wildman–Crippen MR) is 101 cm³/mol. The number of nitrogens with zero attached hydrogens (tertiary/aromatic N) is 1. The molecule has 0 saturated carbocycles. The molecule has 0 atom stereocenters. The molecular formula is C20H27N3O. The smallest absolute Gasteiger partial charge is 0.225 e. The molecular weight excluding hydrogens is 298 g/mol. The van der Waals surface area contributed by atoms with Crippen molar-refractivity contribution in [3.63, 3.8) is 0 Å². The van der Waals surface area contributed by atoms with Crippen LogP contribution in [0.25, 0.3) is 0 Å². The molecule has 2 N–H and O–H groups in total. The fraction of sp³-hybridized carbons (Fsp3) is 0.400. The van der Waals surface area contributed by atoms with E-state index in [2.05, 4.69) is 54.6 Å². The lowest BCUT2D eigenvalue weighted by Gasteiger charge is -2.17. The van der Waals surface area contributed by atoms with E-state index in [1.54, 1.807) is 6.20 Å². The molecule has 0 aliphatic rings. The van der Waals surface area contributed by atoms with Gasteiger partial charge in [0, 0.05) is 12.1 Å². The van der Waals surface area contributed by atoms with Gasteiger partial charge in [-0.15, -0.1) is 0 Å². The van der Waals surface area contributed by atoms with Gasteiger partial charge in [0.25, 0.3) is 0 Å². The molecule has 1 aromatic heterocycles. The summed E-state index contributed by atoms with van der Waals surface area (Å²) in [6, 6.07) is 10.1. The fourth-order valence-corrected chi connectivity index (χ4v) is 2.59. The molecule has 0 saturated heterocycles. The highest BCUT2D eigenvalue weighted by molar-refractivity contribution is 5.90. The van der Waals surface area contributed by atoms with Crippen LogP contribution in [0.3, 0.4) is 0 Å². The first kappa shape index (κ1) is 18.0. The molecule has 0 fully saturated rings. The van der Waals surface area contributed by atoms with Crippen LogP contribution in [0, 0.1) is 12.8 Å². The highest BCUT2D eigenvalue weighted by Crippen LogP contribution is 2.30. The summed E-state index contributed by atoms with van der Waals surface area (Å²) < 4.78 is 0. The molecule has 4 heteroatoms. The zero-order valence-corrected chi connectivity index (χ0v) is 15.2. The van der Waals surface area contributed by atoms with Crippen LogP contribution in [0.2, 0.25) is 0 Å². The Morgan fingerprint density at radius 1 is 1.12 bits per heavy atom. The van der Waals surface area contributed by atoms with Crippen molar-refractivity contribution < 1.29 is 4.79 Å². The average molecular weight is 325 g/mol. The van der Waals surface area contributed by atoms with Crippen molar-refractivity contribution in [3.05, 3.63) is 47.7 Å². The Bertz CT molecular complexity index is 691. The van der Waals surface area contributed by atoms with E-state index in [0.29, 0.717) is 24.1 Å². The number of pyridine rings is 1. The summed E-state index contributed by atoms with van der Waals surface area (Å²) in [4.78, 5) is 16.1. The molecule has 128 valence electrons. The summed E-state index contributed by atoms with van der Waals surface area (Å²) in [5.41, 5.74) is 4.53. The van der Waals surface area contributed by atoms with Crippen LogP contribution in [0.5, 0.6) is 0 Å². The highest BCUT2D eigenvalue weighted by atomic mass is 16.1. The Hall–Kier alpha value is -2.36. The van der Waals surface area contributed by atoms with Gasteiger partial charge in [0.1, 0.15) is 5.82 Å². The van der Waals surface area contributed by atoms with E-state index in [0.717, 1.165) is 11.4 Å². The van der Waals surface area contributed by atoms with E-state index in [1.165, 1.54) is 11.1 Å². The molecule has 1 heterocycles. The van der Waals surface area contributed by atoms with E-state index >= 15 is 0 Å². The van der Waals surface area contributed by atoms with Crippen molar-refractivity contribution in [2.45, 2.75) is 47.0 Å². The van der Waals surface area contributed by atoms with Crippen molar-refractivity contribution >= 4 is 23.1 Å². The third kappa shape index (κ3) is 4.82. The topological polar surface area (TPSA) is 54.0 Å². The van der Waals surface area contributed by atoms with E-state index < -0.39 is 0 Å². The maximum absolute atomic E-state index is 11.8. The minimum atomic E-state index is -0.000734. The summed E-state index contributed by atoms with van der Waals surface area (Å²) in [5, 5.41) is 6.29. The summed E-state index contributed by atoms with van der Waals surface area (Å²) in [7, 11) is 0. The second-order valence-electron chi connectivity index (χ2n) is 6.90. The van der Waals surface area contributed by atoms with E-state index in [1.807, 2.05) is 26.0 Å². The maximum atomic E-state index is 11.8. The SMILES string of the molecule is Cc1cccc(C(C)C)c1Nc1ccc(NC(=O)CC(C)C)nc1. The molecule has 2 aromatic rings. The molecule has 0 unspecified atom stereocenters. The van der Waals surface area contributed by atoms with Crippen LogP contribution in [0.1, 0.15) is 51.2 Å². The number of para-hydroxylation sites is 1. The molecule has 1 amide bonds. The van der Waals surface area contributed by atoms with Crippen LogP contribution in [0.4, 0.5) is 17.2 Å². The first-order valence-electron chi connectivity index (χ1n) is 8.49. The number of hydrogen-bond acceptors (Lipinski definition) is 3. The zero-order chi connectivity index (χ0) is 17.7. The lowest BCUT2D eigenvalue weighted by molar-refractivity contribution is -0.116. The summed E-state index contributed by atoms with van der Waals surface area (Å²) in [5.74, 6) is 1.36. The largest absolute Gasteiger partial charge is 0.354 e. The Morgan fingerprint density at radius 2 is 1.88 bits per heavy atom. The highest BCUT2D eigenvalue weighted by Gasteiger charge is 2.10. The van der Waals surface area contributed by atoms with Gasteiger partial charge in [-0.05, 0) is 42.0 Å². The Kier molecular flexibility index (Phi) is 5.96. The lowest BCUT2D eigenvalue weighted by Crippen LogP contribution is -2.14. The van der Waals surface area contributed by atoms with E-state index in [4.69, 9.17) is 0 Å². The number of carbonyl (C=O) groups excluding carboxylic acids is 1. The standard InChI is InChI=1S/C20H27N3O/c1-13(2)11-19(24)23-18-10-9-16(12-21-18)22-20-15(5)7-6-8-17(20)14(3)4/h6-10,12-14,22H,11H2,1-5H3,(H,21,23,24). The van der Waals surface area contributed by atoms with Crippen molar-refractivity contribution in [1.82, 2.24) is 4.98 Å². The van der Waals surface area contributed by atoms with Gasteiger partial charge in [-0.1, -0.05) is 45.9 Å². The molecule has 0 bridgehead atoms. The summed E-state index contributed by atoms with van der Waals surface area (Å²) in [6.45, 7) is 10.5. The second-order valence-corrected chi connectivity index (χ2v) is 6.90. The number of aromatic nitrogens is 1. The molecule has 0 spiro atoms. The number of carbonyl (C=O) groups is 1. The van der Waals surface area contributed by atoms with Gasteiger partial charge >= 0.3 is 0 Å². The predicted octanol–water partition coefficient (Wildman–Crippen LogP) is 5.24. The van der Waals surface area contributed by atoms with Crippen LogP contribution in [0.15, 0.2) is 36.5 Å². The van der Waals surface area contributed by atoms with Gasteiger partial charge < -0.3 is 10.6 Å². The first-order chi connectivity index (χ1) is 11.4. The van der Waals surface area contributed by atoms with Crippen molar-refractivity contribution in [2.75, 3.05) is 10.6 Å². The van der Waals surface area contributed by atoms with Crippen LogP contribution in [-0.2, 0) is 4.79 Å². The third-order valence-electron chi connectivity index (χ3n) is 3.82. The number of benzene rings is 1. The Balaban J connectivity index is 2.11. The quantitative estimate of drug-likeness (QED) is 0.763. The van der Waals surface area contributed by atoms with Gasteiger partial charge in [-0.25, -0.2) is 4.98 Å². The van der Waals surface area contributed by atoms with Crippen molar-refractivity contribution in [3.8, 4) is 0 Å². The number of amides is 1. The van der Waals surface area contributed by atoms with Gasteiger partial charge in [-0.3, -0.25) is 4.79 Å². The summed E-state index contributed by atoms with van der Waals surface area (Å²) in [6.07, 6.45) is 2.25. The third-order valence-corrected chi connectivity index (χ3v) is 3.82. The second kappa shape index (κ2) is 7.95. The van der Waals surface area contributed by atoms with Crippen LogP contribution < -0.4 is 10.6 Å². The van der Waals surface area contributed by atoms with Crippen molar-refractivity contribution in [1.29, 1.82) is 0 Å². The number of rotatable bonds is 6. The maximum Gasteiger partial charge on any atom is 0.225 e. The fourth-order valence-electron chi connectivity index (χ4n) is 2.59. The Labute approximate surface area is 144 Å². The van der Waals surface area contributed by atoms with Crippen molar-refractivity contribution in [2.24, 2.45) is 5.92 Å². The molecule has 0 aliphatic heterocycles. The monoisotopic (exact) mass is 325 g/mol. The molecule has 2 rings (SSSR count). The van der Waals surface area contributed by atoms with E-state index in [9.17, 15) is 4.79 Å². The van der Waals surface area contributed by atoms with E-state index in [-0.39, 0.29) is 5.91 Å². The van der Waals surface area contributed by atoms with Gasteiger partial charge in [0.2, 0.25) is 5.91 Å². The summed E-state index contributed by atoms with van der Waals surface area (Å²) >= 11 is 0. The zero-order valence-electron chi connectivity index (χ0n) is 15.2. The van der Waals surface area contributed by atoms with Crippen LogP contribution in [-0.4, -0.2) is 10.9 Å². The number of hydrogen-bond donors (Lipinski definition) is 2. The number of nitrogens with one attached hydrogen (secondary N) is 2. The minimum Gasteiger partial charge on any atom is -0.354 e. The Morgan fingerprint density at radius 3 is 2.46 bits per heavy atom. The van der Waals surface area contributed by atoms with Gasteiger partial charge in [-0.2, -0.15) is 0 Å². The molecule has 24 heavy (non-hydrogen) atoms. The van der Waals surface area contributed by atoms with Gasteiger partial charge in [0.05, 0.1) is 11.9 Å².